The van der Waals surface area contributed by atoms with E-state index in [2.05, 4.69) is 45.2 Å². The SMILES string of the molecule is CCCCC=C1C[C@H]2C[C@@H](O)[C@H](C=C[C@@H](O)CCCCC)[C@H]2C1.CCCCNCCCC. The van der Waals surface area contributed by atoms with E-state index in [9.17, 15) is 10.2 Å². The molecule has 5 atom stereocenters. The van der Waals surface area contributed by atoms with Crippen molar-refractivity contribution in [3.63, 3.8) is 0 Å². The lowest BCUT2D eigenvalue weighted by molar-refractivity contribution is 0.139. The molecule has 2 rings (SSSR count). The summed E-state index contributed by atoms with van der Waals surface area (Å²) in [6.07, 6.45) is 22.6. The first kappa shape index (κ1) is 29.4. The van der Waals surface area contributed by atoms with Crippen LogP contribution < -0.4 is 5.32 Å². The maximum Gasteiger partial charge on any atom is 0.0721 e. The molecule has 0 aromatic carbocycles. The van der Waals surface area contributed by atoms with Crippen molar-refractivity contribution in [2.24, 2.45) is 17.8 Å². The Morgan fingerprint density at radius 1 is 0.906 bits per heavy atom. The highest BCUT2D eigenvalue weighted by Crippen LogP contribution is 2.50. The molecule has 32 heavy (non-hydrogen) atoms. The van der Waals surface area contributed by atoms with Gasteiger partial charge in [0.25, 0.3) is 0 Å². The monoisotopic (exact) mass is 449 g/mol. The van der Waals surface area contributed by atoms with Gasteiger partial charge in [0.1, 0.15) is 0 Å². The van der Waals surface area contributed by atoms with Gasteiger partial charge in [0.15, 0.2) is 0 Å². The molecule has 0 bridgehead atoms. The molecule has 2 saturated carbocycles. The van der Waals surface area contributed by atoms with Gasteiger partial charge in [0, 0.05) is 5.92 Å². The lowest BCUT2D eigenvalue weighted by Crippen LogP contribution is -2.17. The predicted molar refractivity (Wildman–Crippen MR) is 140 cm³/mol. The Bertz CT molecular complexity index is 495. The second kappa shape index (κ2) is 18.7. The zero-order valence-electron chi connectivity index (χ0n) is 21.8. The number of aliphatic hydroxyl groups excluding tert-OH is 2. The second-order valence-electron chi connectivity index (χ2n) is 10.1. The lowest BCUT2D eigenvalue weighted by atomic mass is 9.90. The van der Waals surface area contributed by atoms with Gasteiger partial charge in [-0.3, -0.25) is 0 Å². The van der Waals surface area contributed by atoms with Crippen LogP contribution in [0.4, 0.5) is 0 Å². The predicted octanol–water partition coefficient (Wildman–Crippen LogP) is 7.18. The zero-order valence-corrected chi connectivity index (χ0v) is 21.8. The summed E-state index contributed by atoms with van der Waals surface area (Å²) in [6, 6.07) is 0. The van der Waals surface area contributed by atoms with E-state index in [0.717, 1.165) is 25.7 Å². The maximum atomic E-state index is 10.4. The molecule has 0 saturated heterocycles. The molecule has 3 heteroatoms. The minimum atomic E-state index is -0.339. The molecule has 2 fully saturated rings. The third-order valence-electron chi connectivity index (χ3n) is 7.17. The van der Waals surface area contributed by atoms with Crippen molar-refractivity contribution in [1.29, 1.82) is 0 Å². The van der Waals surface area contributed by atoms with Crippen molar-refractivity contribution in [3.8, 4) is 0 Å². The molecule has 0 aliphatic heterocycles. The summed E-state index contributed by atoms with van der Waals surface area (Å²) in [6.45, 7) is 11.3. The Labute approximate surface area is 200 Å². The van der Waals surface area contributed by atoms with Crippen molar-refractivity contribution in [1.82, 2.24) is 5.32 Å². The minimum absolute atomic E-state index is 0.207. The minimum Gasteiger partial charge on any atom is -0.392 e. The van der Waals surface area contributed by atoms with Crippen molar-refractivity contribution in [3.05, 3.63) is 23.8 Å². The standard InChI is InChI=1S/C21H36O2.C8H19N/c1-3-5-7-9-16-13-17-15-21(23)19(20(17)14-16)12-11-18(22)10-8-6-4-2;1-3-5-7-9-8-6-4-2/h9,11-12,17-23H,3-8,10,13-15H2,1-2H3;9H,3-8H2,1-2H3/t17-,18-,19+,20-,21+;/m0./s1. The summed E-state index contributed by atoms with van der Waals surface area (Å²) in [4.78, 5) is 0. The summed E-state index contributed by atoms with van der Waals surface area (Å²) < 4.78 is 0. The molecule has 0 unspecified atom stereocenters. The number of unbranched alkanes of at least 4 members (excludes halogenated alkanes) is 6. The van der Waals surface area contributed by atoms with Crippen LogP contribution in [0.3, 0.4) is 0 Å². The number of fused-ring (bicyclic) bond motifs is 1. The molecule has 0 spiro atoms. The molecule has 3 N–H and O–H groups in total. The van der Waals surface area contributed by atoms with E-state index in [1.165, 1.54) is 77.3 Å². The van der Waals surface area contributed by atoms with Crippen LogP contribution in [0.5, 0.6) is 0 Å². The summed E-state index contributed by atoms with van der Waals surface area (Å²) in [5, 5.41) is 23.8. The van der Waals surface area contributed by atoms with Crippen LogP contribution in [-0.2, 0) is 0 Å². The molecule has 3 nitrogen and oxygen atoms in total. The summed E-state index contributed by atoms with van der Waals surface area (Å²) in [5.74, 6) is 1.50. The molecule has 0 radical (unpaired) electrons. The summed E-state index contributed by atoms with van der Waals surface area (Å²) in [7, 11) is 0. The largest absolute Gasteiger partial charge is 0.392 e. The molecule has 0 amide bonds. The van der Waals surface area contributed by atoms with Gasteiger partial charge in [0.2, 0.25) is 0 Å². The molecule has 2 aliphatic rings. The van der Waals surface area contributed by atoms with Gasteiger partial charge in [0.05, 0.1) is 12.2 Å². The third kappa shape index (κ3) is 12.0. The Morgan fingerprint density at radius 3 is 2.19 bits per heavy atom. The average Bonchev–Trinajstić information content (AvgIpc) is 3.29. The van der Waals surface area contributed by atoms with Gasteiger partial charge in [-0.05, 0) is 69.9 Å². The average molecular weight is 450 g/mol. The Hall–Kier alpha value is -0.640. The van der Waals surface area contributed by atoms with Gasteiger partial charge >= 0.3 is 0 Å². The van der Waals surface area contributed by atoms with E-state index in [0.29, 0.717) is 11.8 Å². The topological polar surface area (TPSA) is 52.5 Å². The quantitative estimate of drug-likeness (QED) is 0.183. The van der Waals surface area contributed by atoms with E-state index in [-0.39, 0.29) is 18.1 Å². The molecule has 2 aliphatic carbocycles. The van der Waals surface area contributed by atoms with Crippen molar-refractivity contribution in [2.45, 2.75) is 130 Å². The van der Waals surface area contributed by atoms with Gasteiger partial charge in [-0.1, -0.05) is 96.4 Å². The van der Waals surface area contributed by atoms with E-state index >= 15 is 0 Å². The highest BCUT2D eigenvalue weighted by atomic mass is 16.3. The van der Waals surface area contributed by atoms with Crippen LogP contribution in [0.2, 0.25) is 0 Å². The van der Waals surface area contributed by atoms with E-state index in [4.69, 9.17) is 0 Å². The first-order valence-corrected chi connectivity index (χ1v) is 14.0. The zero-order chi connectivity index (χ0) is 23.6. The first-order valence-electron chi connectivity index (χ1n) is 14.0. The van der Waals surface area contributed by atoms with Crippen molar-refractivity contribution in [2.75, 3.05) is 13.1 Å². The second-order valence-corrected chi connectivity index (χ2v) is 10.1. The van der Waals surface area contributed by atoms with Gasteiger partial charge in [-0.25, -0.2) is 0 Å². The fourth-order valence-electron chi connectivity index (χ4n) is 5.13. The van der Waals surface area contributed by atoms with Crippen LogP contribution in [0.15, 0.2) is 23.8 Å². The molecular weight excluding hydrogens is 394 g/mol. The van der Waals surface area contributed by atoms with Crippen molar-refractivity contribution < 1.29 is 10.2 Å². The molecule has 0 aromatic rings. The highest BCUT2D eigenvalue weighted by Gasteiger charge is 2.44. The Morgan fingerprint density at radius 2 is 1.56 bits per heavy atom. The van der Waals surface area contributed by atoms with Gasteiger partial charge in [-0.15, -0.1) is 0 Å². The fraction of sp³-hybridized carbons (Fsp3) is 0.862. The lowest BCUT2D eigenvalue weighted by Gasteiger charge is -2.17. The van der Waals surface area contributed by atoms with Crippen LogP contribution in [-0.4, -0.2) is 35.5 Å². The number of hydrogen-bond acceptors (Lipinski definition) is 3. The van der Waals surface area contributed by atoms with Crippen LogP contribution in [0.1, 0.15) is 118 Å². The number of aliphatic hydroxyl groups is 2. The van der Waals surface area contributed by atoms with Gasteiger partial charge in [-0.2, -0.15) is 0 Å². The number of nitrogens with one attached hydrogen (secondary N) is 1. The highest BCUT2D eigenvalue weighted by molar-refractivity contribution is 5.17. The number of allylic oxidation sites excluding steroid dienone is 2. The van der Waals surface area contributed by atoms with E-state index < -0.39 is 0 Å². The summed E-state index contributed by atoms with van der Waals surface area (Å²) >= 11 is 0. The Kier molecular flexibility index (Phi) is 17.2. The van der Waals surface area contributed by atoms with Crippen LogP contribution in [0, 0.1) is 17.8 Å². The van der Waals surface area contributed by atoms with E-state index in [1.54, 1.807) is 5.57 Å². The maximum absolute atomic E-state index is 10.4. The fourth-order valence-corrected chi connectivity index (χ4v) is 5.13. The van der Waals surface area contributed by atoms with Crippen LogP contribution in [0.25, 0.3) is 0 Å². The number of rotatable bonds is 15. The Balaban J connectivity index is 0.000000482. The molecule has 0 heterocycles. The number of hydrogen-bond donors (Lipinski definition) is 3. The first-order chi connectivity index (χ1) is 15.6. The summed E-state index contributed by atoms with van der Waals surface area (Å²) in [5.41, 5.74) is 1.61. The third-order valence-corrected chi connectivity index (χ3v) is 7.17. The van der Waals surface area contributed by atoms with Gasteiger partial charge < -0.3 is 15.5 Å². The normalized spacial score (nSPS) is 27.0. The molecule has 188 valence electrons. The molecular formula is C29H55NO2. The van der Waals surface area contributed by atoms with Crippen LogP contribution >= 0.6 is 0 Å². The molecule has 0 aromatic heterocycles. The van der Waals surface area contributed by atoms with Crippen molar-refractivity contribution >= 4 is 0 Å². The van der Waals surface area contributed by atoms with E-state index in [1.807, 2.05) is 6.08 Å². The smallest absolute Gasteiger partial charge is 0.0721 e.